The van der Waals surface area contributed by atoms with E-state index in [2.05, 4.69) is 19.8 Å². The van der Waals surface area contributed by atoms with Gasteiger partial charge in [0.2, 0.25) is 5.91 Å². The zero-order chi connectivity index (χ0) is 34.7. The molecule has 0 N–H and O–H groups in total. The standard InChI is InChI=1S/C37H39ClF3N7O2/c1-45-15-11-24(45)8-10-29(49)47-16-12-25(20-47)46(2)35-27-18-42-33(26-6-3-5-22-7-9-28(40)31(38)30(22)26)32(41)34(27)43-36(44-35)50-21-37-13-4-14-48(37)19-23(39)17-37/h3,5-10,18,23-25H,4,11-17,19-21H2,1-2H3/b10-8+/t23-,24?,25-,37+/m1/s1. The molecule has 1 unspecified atom stereocenters. The second-order valence-electron chi connectivity index (χ2n) is 14.2. The number of likely N-dealkylation sites (tertiary alicyclic amines) is 2. The van der Waals surface area contributed by atoms with Crippen molar-refractivity contribution in [2.24, 2.45) is 0 Å². The zero-order valence-electron chi connectivity index (χ0n) is 28.1. The highest BCUT2D eigenvalue weighted by atomic mass is 35.5. The third kappa shape index (κ3) is 5.75. The Morgan fingerprint density at radius 1 is 1.14 bits per heavy atom. The first-order valence-electron chi connectivity index (χ1n) is 17.3. The minimum absolute atomic E-state index is 0.0135. The van der Waals surface area contributed by atoms with Crippen LogP contribution in [0.3, 0.4) is 0 Å². The molecule has 4 fully saturated rings. The lowest BCUT2D eigenvalue weighted by Gasteiger charge is -2.35. The van der Waals surface area contributed by atoms with Gasteiger partial charge in [-0.05, 0) is 50.7 Å². The highest BCUT2D eigenvalue weighted by molar-refractivity contribution is 6.36. The molecule has 4 saturated heterocycles. The van der Waals surface area contributed by atoms with Crippen LogP contribution >= 0.6 is 11.6 Å². The first kappa shape index (κ1) is 33.2. The van der Waals surface area contributed by atoms with E-state index >= 15 is 4.39 Å². The lowest BCUT2D eigenvalue weighted by atomic mass is 9.95. The van der Waals surface area contributed by atoms with Crippen molar-refractivity contribution in [1.29, 1.82) is 0 Å². The summed E-state index contributed by atoms with van der Waals surface area (Å²) in [6.07, 6.45) is 8.06. The number of alkyl halides is 1. The molecule has 13 heteroatoms. The monoisotopic (exact) mass is 705 g/mol. The molecule has 0 saturated carbocycles. The second kappa shape index (κ2) is 13.0. The van der Waals surface area contributed by atoms with Crippen molar-refractivity contribution in [1.82, 2.24) is 29.7 Å². The molecule has 4 atom stereocenters. The lowest BCUT2D eigenvalue weighted by Crippen LogP contribution is -2.43. The molecule has 2 aromatic heterocycles. The molecule has 1 amide bonds. The molecule has 4 aromatic rings. The van der Waals surface area contributed by atoms with Crippen LogP contribution in [-0.4, -0.2) is 113 Å². The van der Waals surface area contributed by atoms with Crippen molar-refractivity contribution in [3.8, 4) is 17.3 Å². The van der Waals surface area contributed by atoms with Gasteiger partial charge in [0.1, 0.15) is 35.6 Å². The van der Waals surface area contributed by atoms with Crippen molar-refractivity contribution in [2.45, 2.75) is 55.9 Å². The Labute approximate surface area is 293 Å². The Morgan fingerprint density at radius 2 is 2.00 bits per heavy atom. The van der Waals surface area contributed by atoms with E-state index in [1.807, 2.05) is 30.0 Å². The molecule has 6 heterocycles. The van der Waals surface area contributed by atoms with Crippen LogP contribution in [-0.2, 0) is 4.79 Å². The van der Waals surface area contributed by atoms with Gasteiger partial charge in [0.15, 0.2) is 5.82 Å². The molecule has 8 rings (SSSR count). The number of carbonyl (C=O) groups excluding carboxylic acids is 1. The average molecular weight is 706 g/mol. The maximum absolute atomic E-state index is 16.8. The van der Waals surface area contributed by atoms with Crippen molar-refractivity contribution in [2.75, 3.05) is 58.3 Å². The highest BCUT2D eigenvalue weighted by Gasteiger charge is 2.49. The maximum atomic E-state index is 16.8. The largest absolute Gasteiger partial charge is 0.461 e. The number of aromatic nitrogens is 3. The Hall–Kier alpha value is -4.00. The molecule has 0 spiro atoms. The van der Waals surface area contributed by atoms with Gasteiger partial charge in [0, 0.05) is 75.0 Å². The maximum Gasteiger partial charge on any atom is 0.319 e. The van der Waals surface area contributed by atoms with Crippen LogP contribution in [0, 0.1) is 11.6 Å². The zero-order valence-corrected chi connectivity index (χ0v) is 28.8. The third-order valence-electron chi connectivity index (χ3n) is 11.2. The van der Waals surface area contributed by atoms with E-state index in [9.17, 15) is 13.6 Å². The van der Waals surface area contributed by atoms with Crippen LogP contribution in [0.15, 0.2) is 48.7 Å². The van der Waals surface area contributed by atoms with E-state index < -0.39 is 23.3 Å². The van der Waals surface area contributed by atoms with Gasteiger partial charge in [-0.2, -0.15) is 9.97 Å². The van der Waals surface area contributed by atoms with Crippen molar-refractivity contribution in [3.63, 3.8) is 0 Å². The van der Waals surface area contributed by atoms with E-state index in [0.29, 0.717) is 60.0 Å². The first-order chi connectivity index (χ1) is 24.1. The normalized spacial score (nSPS) is 25.6. The summed E-state index contributed by atoms with van der Waals surface area (Å²) in [6, 6.07) is 8.19. The Kier molecular flexibility index (Phi) is 8.59. The van der Waals surface area contributed by atoms with E-state index in [4.69, 9.17) is 21.3 Å². The molecule has 0 radical (unpaired) electrons. The van der Waals surface area contributed by atoms with Crippen molar-refractivity contribution < 1.29 is 22.7 Å². The fraction of sp³-hybridized carbons (Fsp3) is 0.459. The molecule has 50 heavy (non-hydrogen) atoms. The van der Waals surface area contributed by atoms with Crippen molar-refractivity contribution >= 4 is 45.0 Å². The number of benzene rings is 2. The van der Waals surface area contributed by atoms with Gasteiger partial charge in [-0.3, -0.25) is 19.6 Å². The highest BCUT2D eigenvalue weighted by Crippen LogP contribution is 2.42. The smallest absolute Gasteiger partial charge is 0.319 e. The van der Waals surface area contributed by atoms with Crippen LogP contribution in [0.5, 0.6) is 6.01 Å². The van der Waals surface area contributed by atoms with Crippen LogP contribution in [0.4, 0.5) is 19.0 Å². The van der Waals surface area contributed by atoms with Gasteiger partial charge >= 0.3 is 6.01 Å². The number of fused-ring (bicyclic) bond motifs is 3. The summed E-state index contributed by atoms with van der Waals surface area (Å²) in [5.41, 5.74) is -0.176. The van der Waals surface area contributed by atoms with Crippen LogP contribution in [0.1, 0.15) is 32.1 Å². The number of halogens is 4. The summed E-state index contributed by atoms with van der Waals surface area (Å²) in [7, 11) is 3.91. The van der Waals surface area contributed by atoms with Gasteiger partial charge in [0.25, 0.3) is 0 Å². The molecule has 262 valence electrons. The predicted octanol–water partition coefficient (Wildman–Crippen LogP) is 6.03. The number of hydrogen-bond acceptors (Lipinski definition) is 8. The van der Waals surface area contributed by atoms with Crippen LogP contribution < -0.4 is 9.64 Å². The minimum atomic E-state index is -0.931. The van der Waals surface area contributed by atoms with Crippen LogP contribution in [0.2, 0.25) is 5.02 Å². The van der Waals surface area contributed by atoms with Crippen molar-refractivity contribution in [3.05, 3.63) is 65.3 Å². The van der Waals surface area contributed by atoms with Gasteiger partial charge in [-0.1, -0.05) is 41.9 Å². The molecular formula is C37H39ClF3N7O2. The average Bonchev–Trinajstić information content (AvgIpc) is 3.83. The third-order valence-corrected chi connectivity index (χ3v) is 11.6. The summed E-state index contributed by atoms with van der Waals surface area (Å²) in [5.74, 6) is -0.973. The molecule has 0 aliphatic carbocycles. The number of carbonyl (C=O) groups is 1. The lowest BCUT2D eigenvalue weighted by molar-refractivity contribution is -0.125. The molecular weight excluding hydrogens is 667 g/mol. The van der Waals surface area contributed by atoms with E-state index in [1.54, 1.807) is 30.3 Å². The number of amides is 1. The summed E-state index contributed by atoms with van der Waals surface area (Å²) in [4.78, 5) is 35.1. The Bertz CT molecular complexity index is 2020. The van der Waals surface area contributed by atoms with E-state index in [0.717, 1.165) is 32.4 Å². The summed E-state index contributed by atoms with van der Waals surface area (Å²) < 4.78 is 52.2. The summed E-state index contributed by atoms with van der Waals surface area (Å²) >= 11 is 6.42. The molecule has 0 bridgehead atoms. The fourth-order valence-corrected chi connectivity index (χ4v) is 8.48. The SMILES string of the molecule is CN1CCC1/C=C/C(=O)N1CC[C@@H](N(C)c2nc(OC[C@@]34CCCN3C[C@H](F)C4)nc3c(F)c(-c4cccc5ccc(F)c(Cl)c45)ncc23)C1. The Balaban J connectivity index is 1.16. The minimum Gasteiger partial charge on any atom is -0.461 e. The number of hydrogen-bond donors (Lipinski definition) is 0. The number of pyridine rings is 1. The van der Waals surface area contributed by atoms with Gasteiger partial charge in [-0.15, -0.1) is 0 Å². The number of anilines is 1. The second-order valence-corrected chi connectivity index (χ2v) is 14.6. The quantitative estimate of drug-likeness (QED) is 0.206. The Morgan fingerprint density at radius 3 is 2.80 bits per heavy atom. The molecule has 4 aliphatic heterocycles. The number of rotatable bonds is 8. The number of likely N-dealkylation sites (N-methyl/N-ethyl adjacent to an activating group) is 2. The number of nitrogens with zero attached hydrogens (tertiary/aromatic N) is 7. The predicted molar refractivity (Wildman–Crippen MR) is 187 cm³/mol. The fourth-order valence-electron chi connectivity index (χ4n) is 8.21. The van der Waals surface area contributed by atoms with Crippen LogP contribution in [0.25, 0.3) is 32.9 Å². The molecule has 9 nitrogen and oxygen atoms in total. The summed E-state index contributed by atoms with van der Waals surface area (Å²) in [6.45, 7) is 3.41. The summed E-state index contributed by atoms with van der Waals surface area (Å²) in [5, 5.41) is 1.23. The van der Waals surface area contributed by atoms with Gasteiger partial charge in [0.05, 0.1) is 15.9 Å². The topological polar surface area (TPSA) is 77.9 Å². The van der Waals surface area contributed by atoms with E-state index in [1.165, 1.54) is 12.3 Å². The van der Waals surface area contributed by atoms with Gasteiger partial charge in [-0.25, -0.2) is 13.2 Å². The number of ether oxygens (including phenoxy) is 1. The van der Waals surface area contributed by atoms with E-state index in [-0.39, 0.29) is 46.8 Å². The molecule has 2 aromatic carbocycles. The first-order valence-corrected chi connectivity index (χ1v) is 17.6. The van der Waals surface area contributed by atoms with Gasteiger partial charge < -0.3 is 14.5 Å². The molecule has 4 aliphatic rings.